The van der Waals surface area contributed by atoms with E-state index in [1.54, 1.807) is 7.11 Å². The van der Waals surface area contributed by atoms with Crippen molar-refractivity contribution in [1.82, 2.24) is 10.6 Å². The van der Waals surface area contributed by atoms with E-state index in [0.717, 1.165) is 38.8 Å². The molecule has 18 heavy (non-hydrogen) atoms. The molecule has 2 aliphatic rings. The molecule has 5 heteroatoms. The minimum atomic E-state index is -0.706. The predicted octanol–water partition coefficient (Wildman–Crippen LogP) is 0.175. The van der Waals surface area contributed by atoms with Gasteiger partial charge >= 0.3 is 0 Å². The van der Waals surface area contributed by atoms with Crippen LogP contribution in [0.4, 0.5) is 0 Å². The van der Waals surface area contributed by atoms with Gasteiger partial charge in [-0.25, -0.2) is 0 Å². The van der Waals surface area contributed by atoms with E-state index >= 15 is 0 Å². The smallest absolute Gasteiger partial charge is 0.252 e. The van der Waals surface area contributed by atoms with Crippen molar-refractivity contribution in [1.29, 1.82) is 0 Å². The summed E-state index contributed by atoms with van der Waals surface area (Å²) in [6, 6.07) is -0.104. The molecular weight excluding hydrogens is 232 g/mol. The Labute approximate surface area is 108 Å². The summed E-state index contributed by atoms with van der Waals surface area (Å²) in [7, 11) is 1.60. The first-order valence-corrected chi connectivity index (χ1v) is 6.93. The Balaban J connectivity index is 1.96. The number of aliphatic hydroxyl groups is 1. The molecule has 2 fully saturated rings. The van der Waals surface area contributed by atoms with Crippen LogP contribution in [0.15, 0.2) is 0 Å². The third-order valence-corrected chi connectivity index (χ3v) is 4.26. The summed E-state index contributed by atoms with van der Waals surface area (Å²) in [5.41, 5.74) is -0.706. The molecule has 5 nitrogen and oxygen atoms in total. The Morgan fingerprint density at radius 1 is 1.33 bits per heavy atom. The number of carbonyl (C=O) groups excluding carboxylic acids is 1. The summed E-state index contributed by atoms with van der Waals surface area (Å²) in [6.07, 6.45) is 4.75. The highest BCUT2D eigenvalue weighted by atomic mass is 16.5. The molecule has 1 amide bonds. The molecule has 0 unspecified atom stereocenters. The minimum absolute atomic E-state index is 0.0579. The fraction of sp³-hybridized carbons (Fsp3) is 0.923. The maximum absolute atomic E-state index is 12.4. The zero-order chi connectivity index (χ0) is 13.0. The molecule has 1 aliphatic carbocycles. The molecule has 1 saturated heterocycles. The zero-order valence-electron chi connectivity index (χ0n) is 11.1. The van der Waals surface area contributed by atoms with E-state index in [1.807, 2.05) is 0 Å². The standard InChI is InChI=1S/C13H24N2O3/c1-18-13(6-8-14-9-7-13)12(17)15-10-4-2-3-5-11(10)16/h10-11,14,16H,2-9H2,1H3,(H,15,17)/t10-,11-/m0/s1. The topological polar surface area (TPSA) is 70.6 Å². The fourth-order valence-electron chi connectivity index (χ4n) is 2.93. The third kappa shape index (κ3) is 2.84. The lowest BCUT2D eigenvalue weighted by atomic mass is 9.88. The average molecular weight is 256 g/mol. The maximum atomic E-state index is 12.4. The lowest BCUT2D eigenvalue weighted by Gasteiger charge is -2.37. The molecule has 1 aliphatic heterocycles. The number of amides is 1. The Morgan fingerprint density at radius 3 is 2.61 bits per heavy atom. The molecule has 0 aromatic heterocycles. The van der Waals surface area contributed by atoms with E-state index in [1.165, 1.54) is 0 Å². The van der Waals surface area contributed by atoms with Crippen molar-refractivity contribution in [2.75, 3.05) is 20.2 Å². The van der Waals surface area contributed by atoms with E-state index in [2.05, 4.69) is 10.6 Å². The van der Waals surface area contributed by atoms with E-state index in [0.29, 0.717) is 12.8 Å². The van der Waals surface area contributed by atoms with Crippen molar-refractivity contribution in [3.05, 3.63) is 0 Å². The molecular formula is C13H24N2O3. The Bertz CT molecular complexity index is 290. The number of hydrogen-bond acceptors (Lipinski definition) is 4. The second-order valence-corrected chi connectivity index (χ2v) is 5.38. The van der Waals surface area contributed by atoms with Gasteiger partial charge in [0.2, 0.25) is 0 Å². The zero-order valence-corrected chi connectivity index (χ0v) is 11.1. The summed E-state index contributed by atoms with van der Waals surface area (Å²) in [5, 5.41) is 16.1. The number of ether oxygens (including phenoxy) is 1. The lowest BCUT2D eigenvalue weighted by Crippen LogP contribution is -2.58. The molecule has 3 N–H and O–H groups in total. The molecule has 0 radical (unpaired) electrons. The number of rotatable bonds is 3. The summed E-state index contributed by atoms with van der Waals surface area (Å²) in [5.74, 6) is -0.0579. The first-order valence-electron chi connectivity index (χ1n) is 6.93. The van der Waals surface area contributed by atoms with Crippen LogP contribution in [0, 0.1) is 0 Å². The molecule has 104 valence electrons. The number of piperidine rings is 1. The monoisotopic (exact) mass is 256 g/mol. The Morgan fingerprint density at radius 2 is 2.00 bits per heavy atom. The summed E-state index contributed by atoms with van der Waals surface area (Å²) >= 11 is 0. The van der Waals surface area contributed by atoms with Crippen molar-refractivity contribution in [3.8, 4) is 0 Å². The van der Waals surface area contributed by atoms with Gasteiger partial charge in [0.15, 0.2) is 0 Å². The van der Waals surface area contributed by atoms with Crippen LogP contribution in [0.1, 0.15) is 38.5 Å². The first-order chi connectivity index (χ1) is 8.68. The van der Waals surface area contributed by atoms with Gasteiger partial charge in [-0.05, 0) is 38.8 Å². The molecule has 0 aromatic carbocycles. The van der Waals surface area contributed by atoms with Crippen LogP contribution in [-0.4, -0.2) is 49.0 Å². The predicted molar refractivity (Wildman–Crippen MR) is 68.2 cm³/mol. The van der Waals surface area contributed by atoms with Crippen LogP contribution in [0.2, 0.25) is 0 Å². The third-order valence-electron chi connectivity index (χ3n) is 4.26. The lowest BCUT2D eigenvalue weighted by molar-refractivity contribution is -0.148. The van der Waals surface area contributed by atoms with Gasteiger partial charge in [0, 0.05) is 7.11 Å². The van der Waals surface area contributed by atoms with Gasteiger partial charge in [0.25, 0.3) is 5.91 Å². The van der Waals surface area contributed by atoms with E-state index in [4.69, 9.17) is 4.74 Å². The minimum Gasteiger partial charge on any atom is -0.391 e. The van der Waals surface area contributed by atoms with Crippen molar-refractivity contribution in [2.45, 2.75) is 56.3 Å². The highest BCUT2D eigenvalue weighted by Gasteiger charge is 2.41. The van der Waals surface area contributed by atoms with E-state index < -0.39 is 11.7 Å². The number of nitrogens with one attached hydrogen (secondary N) is 2. The quantitative estimate of drug-likeness (QED) is 0.673. The van der Waals surface area contributed by atoms with Gasteiger partial charge in [-0.3, -0.25) is 4.79 Å². The van der Waals surface area contributed by atoms with Crippen LogP contribution in [0.5, 0.6) is 0 Å². The van der Waals surface area contributed by atoms with Gasteiger partial charge < -0.3 is 20.5 Å². The normalized spacial score (nSPS) is 31.9. The first kappa shape index (κ1) is 13.8. The van der Waals surface area contributed by atoms with Crippen LogP contribution in [0.25, 0.3) is 0 Å². The number of carbonyl (C=O) groups is 1. The average Bonchev–Trinajstić information content (AvgIpc) is 2.42. The van der Waals surface area contributed by atoms with Crippen LogP contribution in [-0.2, 0) is 9.53 Å². The Hall–Kier alpha value is -0.650. The van der Waals surface area contributed by atoms with E-state index in [9.17, 15) is 9.90 Å². The SMILES string of the molecule is COC1(C(=O)N[C@H]2CCCC[C@@H]2O)CCNCC1. The van der Waals surface area contributed by atoms with Gasteiger partial charge in [0.05, 0.1) is 12.1 Å². The van der Waals surface area contributed by atoms with Crippen molar-refractivity contribution >= 4 is 5.91 Å². The Kier molecular flexibility index (Phi) is 4.59. The van der Waals surface area contributed by atoms with Gasteiger partial charge in [-0.1, -0.05) is 12.8 Å². The second kappa shape index (κ2) is 5.99. The number of hydrogen-bond donors (Lipinski definition) is 3. The summed E-state index contributed by atoms with van der Waals surface area (Å²) in [6.45, 7) is 1.60. The van der Waals surface area contributed by atoms with Gasteiger partial charge in [0.1, 0.15) is 5.60 Å². The van der Waals surface area contributed by atoms with E-state index in [-0.39, 0.29) is 11.9 Å². The maximum Gasteiger partial charge on any atom is 0.252 e. The summed E-state index contributed by atoms with van der Waals surface area (Å²) in [4.78, 5) is 12.4. The van der Waals surface area contributed by atoms with Crippen molar-refractivity contribution < 1.29 is 14.6 Å². The highest BCUT2D eigenvalue weighted by molar-refractivity contribution is 5.85. The molecule has 1 heterocycles. The van der Waals surface area contributed by atoms with Crippen molar-refractivity contribution in [2.24, 2.45) is 0 Å². The highest BCUT2D eigenvalue weighted by Crippen LogP contribution is 2.25. The van der Waals surface area contributed by atoms with Crippen LogP contribution in [0.3, 0.4) is 0 Å². The largest absolute Gasteiger partial charge is 0.391 e. The second-order valence-electron chi connectivity index (χ2n) is 5.38. The van der Waals surface area contributed by atoms with Crippen molar-refractivity contribution in [3.63, 3.8) is 0 Å². The molecule has 2 atom stereocenters. The molecule has 0 bridgehead atoms. The molecule has 1 saturated carbocycles. The van der Waals surface area contributed by atoms with Gasteiger partial charge in [-0.2, -0.15) is 0 Å². The van der Waals surface area contributed by atoms with Crippen LogP contribution >= 0.6 is 0 Å². The molecule has 0 spiro atoms. The molecule has 2 rings (SSSR count). The van der Waals surface area contributed by atoms with Crippen LogP contribution < -0.4 is 10.6 Å². The fourth-order valence-corrected chi connectivity index (χ4v) is 2.93. The number of aliphatic hydroxyl groups excluding tert-OH is 1. The number of methoxy groups -OCH3 is 1. The van der Waals surface area contributed by atoms with Gasteiger partial charge in [-0.15, -0.1) is 0 Å². The summed E-state index contributed by atoms with van der Waals surface area (Å²) < 4.78 is 5.48. The molecule has 0 aromatic rings.